The average molecular weight is 271 g/mol. The summed E-state index contributed by atoms with van der Waals surface area (Å²) in [6, 6.07) is 0.141. The third-order valence-corrected chi connectivity index (χ3v) is 5.23. The van der Waals surface area contributed by atoms with Crippen LogP contribution in [0.1, 0.15) is 25.7 Å². The number of rotatable bonds is 6. The fourth-order valence-electron chi connectivity index (χ4n) is 2.64. The Morgan fingerprint density at radius 3 is 2.94 bits per heavy atom. The minimum Gasteiger partial charge on any atom is -0.337 e. The van der Waals surface area contributed by atoms with Crippen molar-refractivity contribution < 1.29 is 8.42 Å². The molecule has 1 aliphatic carbocycles. The van der Waals surface area contributed by atoms with Gasteiger partial charge in [-0.1, -0.05) is 6.42 Å². The van der Waals surface area contributed by atoms with E-state index in [2.05, 4.69) is 10.3 Å². The van der Waals surface area contributed by atoms with E-state index in [1.165, 1.54) is 6.26 Å². The molecule has 0 radical (unpaired) electrons. The molecule has 0 amide bonds. The van der Waals surface area contributed by atoms with Crippen LogP contribution >= 0.6 is 0 Å². The minimum atomic E-state index is -2.91. The van der Waals surface area contributed by atoms with Gasteiger partial charge in [-0.3, -0.25) is 0 Å². The molecule has 0 spiro atoms. The van der Waals surface area contributed by atoms with Crippen LogP contribution in [0.4, 0.5) is 0 Å². The van der Waals surface area contributed by atoms with Crippen LogP contribution in [0, 0.1) is 0 Å². The summed E-state index contributed by atoms with van der Waals surface area (Å²) in [7, 11) is -2.91. The summed E-state index contributed by atoms with van der Waals surface area (Å²) in [6.07, 6.45) is 10.6. The quantitative estimate of drug-likeness (QED) is 0.778. The van der Waals surface area contributed by atoms with Gasteiger partial charge in [-0.15, -0.1) is 0 Å². The lowest BCUT2D eigenvalue weighted by Gasteiger charge is -2.19. The number of aromatic nitrogens is 2. The first kappa shape index (κ1) is 13.5. The Morgan fingerprint density at radius 2 is 2.28 bits per heavy atom. The molecule has 0 aliphatic heterocycles. The van der Waals surface area contributed by atoms with Gasteiger partial charge in [0.2, 0.25) is 0 Å². The predicted octanol–water partition coefficient (Wildman–Crippen LogP) is 0.828. The molecule has 2 unspecified atom stereocenters. The number of sulfone groups is 1. The fraction of sp³-hybridized carbons (Fsp3) is 0.750. The van der Waals surface area contributed by atoms with Crippen LogP contribution in [0.25, 0.3) is 0 Å². The summed E-state index contributed by atoms with van der Waals surface area (Å²) in [5, 5.41) is 3.20. The molecule has 2 rings (SSSR count). The molecular weight excluding hydrogens is 250 g/mol. The second-order valence-corrected chi connectivity index (χ2v) is 7.28. The molecule has 1 aliphatic rings. The van der Waals surface area contributed by atoms with E-state index >= 15 is 0 Å². The monoisotopic (exact) mass is 271 g/mol. The van der Waals surface area contributed by atoms with Gasteiger partial charge in [0.15, 0.2) is 9.84 Å². The topological polar surface area (TPSA) is 64.0 Å². The molecule has 18 heavy (non-hydrogen) atoms. The third-order valence-electron chi connectivity index (χ3n) is 3.56. The molecule has 5 nitrogen and oxygen atoms in total. The second kappa shape index (κ2) is 5.84. The van der Waals surface area contributed by atoms with Gasteiger partial charge in [0.1, 0.15) is 0 Å². The van der Waals surface area contributed by atoms with E-state index in [9.17, 15) is 8.42 Å². The van der Waals surface area contributed by atoms with Crippen LogP contribution in [0.3, 0.4) is 0 Å². The molecule has 6 heteroatoms. The van der Waals surface area contributed by atoms with Crippen molar-refractivity contribution in [2.45, 2.75) is 43.5 Å². The molecule has 1 saturated carbocycles. The maximum Gasteiger partial charge on any atom is 0.151 e. The minimum absolute atomic E-state index is 0.141. The van der Waals surface area contributed by atoms with Crippen LogP contribution in [0.2, 0.25) is 0 Å². The largest absolute Gasteiger partial charge is 0.337 e. The van der Waals surface area contributed by atoms with E-state index in [-0.39, 0.29) is 11.3 Å². The highest BCUT2D eigenvalue weighted by molar-refractivity contribution is 7.91. The maximum absolute atomic E-state index is 11.6. The zero-order valence-corrected chi connectivity index (χ0v) is 11.6. The first-order chi connectivity index (χ1) is 8.57. The number of nitrogens with one attached hydrogen (secondary N) is 1. The van der Waals surface area contributed by atoms with Crippen molar-refractivity contribution in [3.05, 3.63) is 18.7 Å². The SMILES string of the molecule is CS(=O)(=O)C1CCCC1NCCCn1ccnc1. The molecule has 0 bridgehead atoms. The van der Waals surface area contributed by atoms with Crippen molar-refractivity contribution in [3.63, 3.8) is 0 Å². The van der Waals surface area contributed by atoms with E-state index < -0.39 is 9.84 Å². The first-order valence-electron chi connectivity index (χ1n) is 6.45. The Balaban J connectivity index is 1.73. The molecule has 2 atom stereocenters. The third kappa shape index (κ3) is 3.55. The smallest absolute Gasteiger partial charge is 0.151 e. The van der Waals surface area contributed by atoms with Gasteiger partial charge in [-0.25, -0.2) is 13.4 Å². The van der Waals surface area contributed by atoms with E-state index in [0.717, 1.165) is 38.8 Å². The van der Waals surface area contributed by atoms with Gasteiger partial charge in [0.05, 0.1) is 11.6 Å². The van der Waals surface area contributed by atoms with E-state index in [1.54, 1.807) is 12.5 Å². The highest BCUT2D eigenvalue weighted by Crippen LogP contribution is 2.24. The predicted molar refractivity (Wildman–Crippen MR) is 71.1 cm³/mol. The average Bonchev–Trinajstić information content (AvgIpc) is 2.94. The molecular formula is C12H21N3O2S. The van der Waals surface area contributed by atoms with E-state index in [0.29, 0.717) is 0 Å². The molecule has 1 aromatic heterocycles. The lowest BCUT2D eigenvalue weighted by atomic mass is 10.2. The van der Waals surface area contributed by atoms with Gasteiger partial charge in [0.25, 0.3) is 0 Å². The maximum atomic E-state index is 11.6. The summed E-state index contributed by atoms with van der Waals surface area (Å²) < 4.78 is 25.3. The first-order valence-corrected chi connectivity index (χ1v) is 8.41. The van der Waals surface area contributed by atoms with Crippen molar-refractivity contribution in [3.8, 4) is 0 Å². The highest BCUT2D eigenvalue weighted by Gasteiger charge is 2.33. The normalized spacial score (nSPS) is 24.5. The Hall–Kier alpha value is -0.880. The van der Waals surface area contributed by atoms with E-state index in [1.807, 2.05) is 10.8 Å². The Bertz CT molecular complexity index is 456. The van der Waals surface area contributed by atoms with Crippen molar-refractivity contribution in [1.29, 1.82) is 0 Å². The van der Waals surface area contributed by atoms with Gasteiger partial charge >= 0.3 is 0 Å². The Kier molecular flexibility index (Phi) is 4.40. The molecule has 102 valence electrons. The Labute approximate surface area is 109 Å². The number of hydrogen-bond donors (Lipinski definition) is 1. The van der Waals surface area contributed by atoms with Crippen LogP contribution in [0.15, 0.2) is 18.7 Å². The highest BCUT2D eigenvalue weighted by atomic mass is 32.2. The zero-order valence-electron chi connectivity index (χ0n) is 10.7. The lowest BCUT2D eigenvalue weighted by molar-refractivity contribution is 0.486. The van der Waals surface area contributed by atoms with Gasteiger partial charge in [0, 0.05) is 31.2 Å². The molecule has 1 fully saturated rings. The number of aryl methyl sites for hydroxylation is 1. The molecule has 1 aromatic rings. The summed E-state index contributed by atoms with van der Waals surface area (Å²) in [5.74, 6) is 0. The lowest BCUT2D eigenvalue weighted by Crippen LogP contribution is -2.40. The summed E-state index contributed by atoms with van der Waals surface area (Å²) in [5.41, 5.74) is 0. The van der Waals surface area contributed by atoms with Crippen molar-refractivity contribution >= 4 is 9.84 Å². The van der Waals surface area contributed by atoms with Crippen molar-refractivity contribution in [1.82, 2.24) is 14.9 Å². The zero-order chi connectivity index (χ0) is 13.0. The van der Waals surface area contributed by atoms with Crippen LogP contribution < -0.4 is 5.32 Å². The van der Waals surface area contributed by atoms with Crippen LogP contribution in [0.5, 0.6) is 0 Å². The van der Waals surface area contributed by atoms with Crippen molar-refractivity contribution in [2.75, 3.05) is 12.8 Å². The number of imidazole rings is 1. The van der Waals surface area contributed by atoms with E-state index in [4.69, 9.17) is 0 Å². The second-order valence-electron chi connectivity index (χ2n) is 5.01. The molecule has 1 N–H and O–H groups in total. The standard InChI is InChI=1S/C12H21N3O2S/c1-18(16,17)12-5-2-4-11(12)14-6-3-8-15-9-7-13-10-15/h7,9-12,14H,2-6,8H2,1H3. The summed E-state index contributed by atoms with van der Waals surface area (Å²) in [4.78, 5) is 3.99. The van der Waals surface area contributed by atoms with Gasteiger partial charge in [-0.2, -0.15) is 0 Å². The number of hydrogen-bond acceptors (Lipinski definition) is 4. The number of nitrogens with zero attached hydrogens (tertiary/aromatic N) is 2. The van der Waals surface area contributed by atoms with Crippen LogP contribution in [-0.4, -0.2) is 42.1 Å². The van der Waals surface area contributed by atoms with Gasteiger partial charge < -0.3 is 9.88 Å². The Morgan fingerprint density at radius 1 is 1.44 bits per heavy atom. The summed E-state index contributed by atoms with van der Waals surface area (Å²) in [6.45, 7) is 1.78. The van der Waals surface area contributed by atoms with Gasteiger partial charge in [-0.05, 0) is 25.8 Å². The molecule has 0 aromatic carbocycles. The summed E-state index contributed by atoms with van der Waals surface area (Å²) >= 11 is 0. The molecule has 1 heterocycles. The fourth-order valence-corrected chi connectivity index (χ4v) is 4.06. The van der Waals surface area contributed by atoms with Crippen LogP contribution in [-0.2, 0) is 16.4 Å². The van der Waals surface area contributed by atoms with Crippen molar-refractivity contribution in [2.24, 2.45) is 0 Å². The molecule has 0 saturated heterocycles.